The van der Waals surface area contributed by atoms with Crippen LogP contribution < -0.4 is 10.6 Å². The molecule has 1 heterocycles. The van der Waals surface area contributed by atoms with Crippen molar-refractivity contribution in [3.05, 3.63) is 22.4 Å². The number of nitrogens with one attached hydrogen (secondary N) is 2. The van der Waals surface area contributed by atoms with Crippen LogP contribution in [0.4, 0.5) is 0 Å². The van der Waals surface area contributed by atoms with E-state index in [0.29, 0.717) is 6.54 Å². The third-order valence-corrected chi connectivity index (χ3v) is 2.41. The fourth-order valence-corrected chi connectivity index (χ4v) is 1.59. The Bertz CT molecular complexity index is 315. The van der Waals surface area contributed by atoms with Gasteiger partial charge in [0.05, 0.1) is 12.6 Å². The number of hydrogen-bond acceptors (Lipinski definition) is 4. The van der Waals surface area contributed by atoms with Crippen molar-refractivity contribution in [1.29, 1.82) is 5.26 Å². The molecule has 0 bridgehead atoms. The largest absolute Gasteiger partial charge is 0.342 e. The Kier molecular flexibility index (Phi) is 4.69. The van der Waals surface area contributed by atoms with Crippen molar-refractivity contribution in [2.75, 3.05) is 13.1 Å². The second-order valence-electron chi connectivity index (χ2n) is 2.62. The summed E-state index contributed by atoms with van der Waals surface area (Å²) in [5.74, 6) is -0.150. The number of carbonyl (C=O) groups is 1. The maximum atomic E-state index is 11.0. The molecule has 1 aromatic rings. The molecule has 0 radical (unpaired) electrons. The van der Waals surface area contributed by atoms with Crippen molar-refractivity contribution in [3.8, 4) is 6.07 Å². The molecule has 0 atom stereocenters. The Morgan fingerprint density at radius 1 is 1.64 bits per heavy atom. The topological polar surface area (TPSA) is 64.9 Å². The Balaban J connectivity index is 2.10. The Labute approximate surface area is 86.6 Å². The van der Waals surface area contributed by atoms with E-state index in [1.54, 1.807) is 11.3 Å². The van der Waals surface area contributed by atoms with E-state index >= 15 is 0 Å². The molecule has 0 unspecified atom stereocenters. The highest BCUT2D eigenvalue weighted by Gasteiger charge is 1.99. The summed E-state index contributed by atoms with van der Waals surface area (Å²) in [6.45, 7) is 1.01. The number of rotatable bonds is 5. The first-order valence-corrected chi connectivity index (χ1v) is 5.07. The van der Waals surface area contributed by atoms with Crippen LogP contribution in [0.15, 0.2) is 17.5 Å². The van der Waals surface area contributed by atoms with Crippen LogP contribution in [-0.4, -0.2) is 19.0 Å². The zero-order chi connectivity index (χ0) is 10.2. The first-order valence-electron chi connectivity index (χ1n) is 4.19. The Morgan fingerprint density at radius 2 is 2.50 bits per heavy atom. The summed E-state index contributed by atoms with van der Waals surface area (Å²) in [7, 11) is 0. The number of nitrogens with zero attached hydrogens (tertiary/aromatic N) is 1. The summed E-state index contributed by atoms with van der Waals surface area (Å²) in [5.41, 5.74) is 0. The minimum Gasteiger partial charge on any atom is -0.342 e. The smallest absolute Gasteiger partial charge is 0.234 e. The van der Waals surface area contributed by atoms with Gasteiger partial charge in [-0.15, -0.1) is 11.3 Å². The molecule has 0 saturated carbocycles. The van der Waals surface area contributed by atoms with E-state index in [0.717, 1.165) is 0 Å². The molecule has 0 aliphatic carbocycles. The van der Waals surface area contributed by atoms with Crippen LogP contribution in [0.1, 0.15) is 4.88 Å². The molecule has 0 saturated heterocycles. The second kappa shape index (κ2) is 6.13. The molecule has 1 aromatic heterocycles. The van der Waals surface area contributed by atoms with Gasteiger partial charge in [-0.25, -0.2) is 0 Å². The number of carbonyl (C=O) groups excluding carboxylic acids is 1. The molecule has 1 amide bonds. The molecule has 5 heteroatoms. The molecule has 0 aliphatic heterocycles. The van der Waals surface area contributed by atoms with Crippen LogP contribution in [0.5, 0.6) is 0 Å². The molecule has 0 aromatic carbocycles. The number of nitriles is 1. The average molecular weight is 209 g/mol. The normalized spacial score (nSPS) is 9.36. The first kappa shape index (κ1) is 10.7. The van der Waals surface area contributed by atoms with Crippen LogP contribution in [0.3, 0.4) is 0 Å². The van der Waals surface area contributed by atoms with Gasteiger partial charge in [0.2, 0.25) is 5.91 Å². The van der Waals surface area contributed by atoms with Gasteiger partial charge in [-0.05, 0) is 11.4 Å². The zero-order valence-corrected chi connectivity index (χ0v) is 8.43. The fourth-order valence-electron chi connectivity index (χ4n) is 0.913. The predicted molar refractivity (Wildman–Crippen MR) is 54.6 cm³/mol. The maximum absolute atomic E-state index is 11.0. The lowest BCUT2D eigenvalue weighted by molar-refractivity contribution is -0.120. The van der Waals surface area contributed by atoms with Crippen molar-refractivity contribution in [2.45, 2.75) is 6.54 Å². The standard InChI is InChI=1S/C9H11N3OS/c10-3-4-12-9(13)7-11-6-8-2-1-5-14-8/h1-2,5,11H,4,6-7H2,(H,12,13). The van der Waals surface area contributed by atoms with E-state index in [-0.39, 0.29) is 19.0 Å². The van der Waals surface area contributed by atoms with E-state index in [1.165, 1.54) is 4.88 Å². The summed E-state index contributed by atoms with van der Waals surface area (Å²) >= 11 is 1.65. The molecule has 74 valence electrons. The summed E-state index contributed by atoms with van der Waals surface area (Å²) in [4.78, 5) is 12.2. The predicted octanol–water partition coefficient (Wildman–Crippen LogP) is 0.477. The highest BCUT2D eigenvalue weighted by atomic mass is 32.1. The Hall–Kier alpha value is -1.38. The van der Waals surface area contributed by atoms with Gasteiger partial charge in [0, 0.05) is 11.4 Å². The summed E-state index contributed by atoms with van der Waals surface area (Å²) in [5, 5.41) is 15.6. The van der Waals surface area contributed by atoms with Crippen molar-refractivity contribution in [1.82, 2.24) is 10.6 Å². The minimum absolute atomic E-state index is 0.0690. The van der Waals surface area contributed by atoms with Gasteiger partial charge >= 0.3 is 0 Å². The van der Waals surface area contributed by atoms with E-state index in [2.05, 4.69) is 10.6 Å². The van der Waals surface area contributed by atoms with Crippen molar-refractivity contribution in [3.63, 3.8) is 0 Å². The van der Waals surface area contributed by atoms with Crippen LogP contribution >= 0.6 is 11.3 Å². The fraction of sp³-hybridized carbons (Fsp3) is 0.333. The van der Waals surface area contributed by atoms with Crippen LogP contribution in [-0.2, 0) is 11.3 Å². The highest BCUT2D eigenvalue weighted by Crippen LogP contribution is 2.06. The molecule has 4 nitrogen and oxygen atoms in total. The maximum Gasteiger partial charge on any atom is 0.234 e. The van der Waals surface area contributed by atoms with Gasteiger partial charge in [0.25, 0.3) is 0 Å². The lowest BCUT2D eigenvalue weighted by atomic mass is 10.4. The monoisotopic (exact) mass is 209 g/mol. The second-order valence-corrected chi connectivity index (χ2v) is 3.65. The molecular weight excluding hydrogens is 198 g/mol. The van der Waals surface area contributed by atoms with Crippen LogP contribution in [0.2, 0.25) is 0 Å². The molecule has 0 fully saturated rings. The minimum atomic E-state index is -0.150. The quantitative estimate of drug-likeness (QED) is 0.693. The molecule has 2 N–H and O–H groups in total. The molecule has 1 rings (SSSR count). The van der Waals surface area contributed by atoms with Crippen molar-refractivity contribution < 1.29 is 4.79 Å². The average Bonchev–Trinajstić information content (AvgIpc) is 2.67. The highest BCUT2D eigenvalue weighted by molar-refractivity contribution is 7.09. The van der Waals surface area contributed by atoms with Crippen molar-refractivity contribution in [2.24, 2.45) is 0 Å². The number of thiophene rings is 1. The zero-order valence-electron chi connectivity index (χ0n) is 7.62. The van der Waals surface area contributed by atoms with E-state index in [1.807, 2.05) is 23.6 Å². The Morgan fingerprint density at radius 3 is 3.14 bits per heavy atom. The molecule has 0 aliphatic rings. The van der Waals surface area contributed by atoms with E-state index in [4.69, 9.17) is 5.26 Å². The number of amides is 1. The van der Waals surface area contributed by atoms with E-state index < -0.39 is 0 Å². The van der Waals surface area contributed by atoms with Gasteiger partial charge in [0.15, 0.2) is 0 Å². The number of hydrogen-bond donors (Lipinski definition) is 2. The van der Waals surface area contributed by atoms with Crippen LogP contribution in [0.25, 0.3) is 0 Å². The van der Waals surface area contributed by atoms with Gasteiger partial charge in [-0.3, -0.25) is 4.79 Å². The lowest BCUT2D eigenvalue weighted by Gasteiger charge is -2.02. The van der Waals surface area contributed by atoms with Gasteiger partial charge in [-0.1, -0.05) is 6.07 Å². The first-order chi connectivity index (χ1) is 6.83. The van der Waals surface area contributed by atoms with Crippen LogP contribution in [0, 0.1) is 11.3 Å². The molecule has 14 heavy (non-hydrogen) atoms. The van der Waals surface area contributed by atoms with E-state index in [9.17, 15) is 4.79 Å². The third-order valence-electron chi connectivity index (χ3n) is 1.53. The summed E-state index contributed by atoms with van der Waals surface area (Å²) in [6, 6.07) is 5.82. The van der Waals surface area contributed by atoms with Gasteiger partial charge < -0.3 is 10.6 Å². The lowest BCUT2D eigenvalue weighted by Crippen LogP contribution is -2.33. The van der Waals surface area contributed by atoms with Crippen molar-refractivity contribution >= 4 is 17.2 Å². The summed E-state index contributed by atoms with van der Waals surface area (Å²) < 4.78 is 0. The third kappa shape index (κ3) is 4.03. The molecule has 0 spiro atoms. The molecular formula is C9H11N3OS. The summed E-state index contributed by atoms with van der Waals surface area (Å²) in [6.07, 6.45) is 0. The SMILES string of the molecule is N#CCNC(=O)CNCc1cccs1. The van der Waals surface area contributed by atoms with Gasteiger partial charge in [-0.2, -0.15) is 5.26 Å². The van der Waals surface area contributed by atoms with Gasteiger partial charge in [0.1, 0.15) is 6.54 Å².